The Hall–Kier alpha value is -3.58. The molecule has 7 heteroatoms. The zero-order valence-electron chi connectivity index (χ0n) is 18.1. The molecule has 1 aromatic heterocycles. The van der Waals surface area contributed by atoms with Gasteiger partial charge < -0.3 is 10.1 Å². The first-order valence-corrected chi connectivity index (χ1v) is 11.1. The topological polar surface area (TPSA) is 73.2 Å². The third kappa shape index (κ3) is 4.38. The molecule has 3 aromatic carbocycles. The second-order valence-corrected chi connectivity index (χ2v) is 8.30. The highest BCUT2D eigenvalue weighted by Gasteiger charge is 2.15. The monoisotopic (exact) mass is 445 g/mol. The van der Waals surface area contributed by atoms with E-state index >= 15 is 0 Å². The molecule has 0 saturated heterocycles. The summed E-state index contributed by atoms with van der Waals surface area (Å²) in [5.41, 5.74) is 3.74. The summed E-state index contributed by atoms with van der Waals surface area (Å²) in [7, 11) is 1.62. The van der Waals surface area contributed by atoms with Gasteiger partial charge in [0.15, 0.2) is 5.16 Å². The molecule has 0 aliphatic heterocycles. The van der Waals surface area contributed by atoms with E-state index in [1.807, 2.05) is 68.4 Å². The van der Waals surface area contributed by atoms with Gasteiger partial charge in [-0.25, -0.2) is 4.98 Å². The molecule has 162 valence electrons. The molecule has 0 unspecified atom stereocenters. The smallest absolute Gasteiger partial charge is 0.266 e. The molecule has 32 heavy (non-hydrogen) atoms. The molecule has 0 saturated carbocycles. The molecular formula is C25H23N3O3S. The molecule has 1 amide bonds. The van der Waals surface area contributed by atoms with Gasteiger partial charge in [-0.15, -0.1) is 0 Å². The van der Waals surface area contributed by atoms with Crippen molar-refractivity contribution in [3.05, 3.63) is 88.2 Å². The van der Waals surface area contributed by atoms with Crippen LogP contribution in [0, 0.1) is 13.8 Å². The Labute approximate surface area is 190 Å². The maximum Gasteiger partial charge on any atom is 0.266 e. The fourth-order valence-corrected chi connectivity index (χ4v) is 4.29. The van der Waals surface area contributed by atoms with Crippen molar-refractivity contribution in [1.29, 1.82) is 0 Å². The Balaban J connectivity index is 1.63. The molecule has 0 radical (unpaired) electrons. The number of ether oxygens (including phenoxy) is 1. The summed E-state index contributed by atoms with van der Waals surface area (Å²) in [6, 6.07) is 20.4. The summed E-state index contributed by atoms with van der Waals surface area (Å²) < 4.78 is 6.89. The fourth-order valence-electron chi connectivity index (χ4n) is 3.47. The SMILES string of the molecule is COc1cc(C)c(NC(=O)CSc2nc3ccccc3c(=O)n2-c2ccccc2)cc1C. The van der Waals surface area contributed by atoms with Crippen LogP contribution in [-0.4, -0.2) is 28.3 Å². The van der Waals surface area contributed by atoms with Gasteiger partial charge in [0.05, 0.1) is 29.5 Å². The third-order valence-corrected chi connectivity index (χ3v) is 6.05. The minimum Gasteiger partial charge on any atom is -0.496 e. The molecule has 0 spiro atoms. The number of carbonyl (C=O) groups excluding carboxylic acids is 1. The van der Waals surface area contributed by atoms with Crippen molar-refractivity contribution in [1.82, 2.24) is 9.55 Å². The van der Waals surface area contributed by atoms with Gasteiger partial charge >= 0.3 is 0 Å². The van der Waals surface area contributed by atoms with E-state index < -0.39 is 0 Å². The zero-order valence-corrected chi connectivity index (χ0v) is 18.9. The average molecular weight is 446 g/mol. The van der Waals surface area contributed by atoms with Crippen LogP contribution in [0.25, 0.3) is 16.6 Å². The molecule has 4 aromatic rings. The van der Waals surface area contributed by atoms with Gasteiger partial charge in [-0.3, -0.25) is 14.2 Å². The van der Waals surface area contributed by atoms with Crippen LogP contribution in [0.5, 0.6) is 5.75 Å². The molecular weight excluding hydrogens is 422 g/mol. The van der Waals surface area contributed by atoms with E-state index in [1.54, 1.807) is 23.8 Å². The molecule has 1 heterocycles. The highest BCUT2D eigenvalue weighted by molar-refractivity contribution is 7.99. The second kappa shape index (κ2) is 9.28. The quantitative estimate of drug-likeness (QED) is 0.343. The standard InChI is InChI=1S/C25H23N3O3S/c1-16-14-22(31-3)17(2)13-21(16)26-23(29)15-32-25-27-20-12-8-7-11-19(20)24(30)28(25)18-9-5-4-6-10-18/h4-14H,15H2,1-3H3,(H,26,29). The second-order valence-electron chi connectivity index (χ2n) is 7.36. The predicted octanol–water partition coefficient (Wildman–Crippen LogP) is 4.74. The summed E-state index contributed by atoms with van der Waals surface area (Å²) in [6.07, 6.45) is 0. The average Bonchev–Trinajstić information content (AvgIpc) is 2.80. The van der Waals surface area contributed by atoms with Crippen LogP contribution in [0.1, 0.15) is 11.1 Å². The van der Waals surface area contributed by atoms with E-state index in [9.17, 15) is 9.59 Å². The maximum atomic E-state index is 13.2. The molecule has 0 aliphatic rings. The lowest BCUT2D eigenvalue weighted by Gasteiger charge is -2.14. The number of aromatic nitrogens is 2. The Morgan fingerprint density at radius 1 is 1.03 bits per heavy atom. The molecule has 0 atom stereocenters. The molecule has 0 bridgehead atoms. The van der Waals surface area contributed by atoms with Gasteiger partial charge in [0.1, 0.15) is 5.75 Å². The van der Waals surface area contributed by atoms with Crippen LogP contribution < -0.4 is 15.6 Å². The van der Waals surface area contributed by atoms with Gasteiger partial charge in [0.25, 0.3) is 5.56 Å². The van der Waals surface area contributed by atoms with Crippen LogP contribution in [-0.2, 0) is 4.79 Å². The normalized spacial score (nSPS) is 10.8. The summed E-state index contributed by atoms with van der Waals surface area (Å²) in [5.74, 6) is 0.717. The van der Waals surface area contributed by atoms with Crippen LogP contribution in [0.15, 0.2) is 76.7 Å². The van der Waals surface area contributed by atoms with Crippen LogP contribution in [0.4, 0.5) is 5.69 Å². The van der Waals surface area contributed by atoms with Gasteiger partial charge in [0, 0.05) is 5.69 Å². The van der Waals surface area contributed by atoms with Crippen molar-refractivity contribution < 1.29 is 9.53 Å². The lowest BCUT2D eigenvalue weighted by Crippen LogP contribution is -2.23. The van der Waals surface area contributed by atoms with Crippen molar-refractivity contribution in [2.45, 2.75) is 19.0 Å². The number of nitrogens with zero attached hydrogens (tertiary/aromatic N) is 2. The number of methoxy groups -OCH3 is 1. The largest absolute Gasteiger partial charge is 0.496 e. The Bertz CT molecular complexity index is 1350. The number of para-hydroxylation sites is 2. The number of aryl methyl sites for hydroxylation is 2. The Morgan fingerprint density at radius 3 is 2.50 bits per heavy atom. The lowest BCUT2D eigenvalue weighted by molar-refractivity contribution is -0.113. The number of hydrogen-bond acceptors (Lipinski definition) is 5. The number of nitrogens with one attached hydrogen (secondary N) is 1. The number of fused-ring (bicyclic) bond motifs is 1. The number of amides is 1. The third-order valence-electron chi connectivity index (χ3n) is 5.11. The first kappa shape index (κ1) is 21.6. The lowest BCUT2D eigenvalue weighted by atomic mass is 10.1. The summed E-state index contributed by atoms with van der Waals surface area (Å²) in [5, 5.41) is 3.96. The van der Waals surface area contributed by atoms with Crippen molar-refractivity contribution >= 4 is 34.3 Å². The molecule has 6 nitrogen and oxygen atoms in total. The Morgan fingerprint density at radius 2 is 1.75 bits per heavy atom. The molecule has 0 aliphatic carbocycles. The van der Waals surface area contributed by atoms with Crippen molar-refractivity contribution in [3.63, 3.8) is 0 Å². The van der Waals surface area contributed by atoms with Crippen molar-refractivity contribution in [2.24, 2.45) is 0 Å². The zero-order chi connectivity index (χ0) is 22.7. The summed E-state index contributed by atoms with van der Waals surface area (Å²) in [4.78, 5) is 30.6. The number of anilines is 1. The van der Waals surface area contributed by atoms with Gasteiger partial charge in [-0.05, 0) is 61.4 Å². The molecule has 1 N–H and O–H groups in total. The highest BCUT2D eigenvalue weighted by atomic mass is 32.2. The van der Waals surface area contributed by atoms with Crippen LogP contribution >= 0.6 is 11.8 Å². The van der Waals surface area contributed by atoms with Crippen molar-refractivity contribution in [3.8, 4) is 11.4 Å². The number of rotatable bonds is 6. The molecule has 4 rings (SSSR count). The fraction of sp³-hybridized carbons (Fsp3) is 0.160. The predicted molar refractivity (Wildman–Crippen MR) is 129 cm³/mol. The van der Waals surface area contributed by atoms with E-state index in [0.717, 1.165) is 22.6 Å². The number of hydrogen-bond donors (Lipinski definition) is 1. The number of carbonyl (C=O) groups is 1. The summed E-state index contributed by atoms with van der Waals surface area (Å²) in [6.45, 7) is 3.85. The molecule has 0 fully saturated rings. The van der Waals surface area contributed by atoms with Crippen LogP contribution in [0.2, 0.25) is 0 Å². The summed E-state index contributed by atoms with van der Waals surface area (Å²) >= 11 is 1.23. The van der Waals surface area contributed by atoms with E-state index in [2.05, 4.69) is 10.3 Å². The Kier molecular flexibility index (Phi) is 6.28. The number of benzene rings is 3. The number of thioether (sulfide) groups is 1. The van der Waals surface area contributed by atoms with Gasteiger partial charge in [0.2, 0.25) is 5.91 Å². The highest BCUT2D eigenvalue weighted by Crippen LogP contribution is 2.27. The first-order valence-electron chi connectivity index (χ1n) is 10.1. The van der Waals surface area contributed by atoms with E-state index in [-0.39, 0.29) is 17.2 Å². The minimum atomic E-state index is -0.176. The maximum absolute atomic E-state index is 13.2. The van der Waals surface area contributed by atoms with Crippen LogP contribution in [0.3, 0.4) is 0 Å². The first-order chi connectivity index (χ1) is 15.5. The van der Waals surface area contributed by atoms with E-state index in [1.165, 1.54) is 11.8 Å². The minimum absolute atomic E-state index is 0.113. The van der Waals surface area contributed by atoms with Gasteiger partial charge in [-0.2, -0.15) is 0 Å². The van der Waals surface area contributed by atoms with Gasteiger partial charge in [-0.1, -0.05) is 42.1 Å². The van der Waals surface area contributed by atoms with E-state index in [4.69, 9.17) is 4.74 Å². The van der Waals surface area contributed by atoms with E-state index in [0.29, 0.717) is 21.7 Å². The van der Waals surface area contributed by atoms with Crippen molar-refractivity contribution in [2.75, 3.05) is 18.2 Å².